The molecule has 0 saturated heterocycles. The van der Waals surface area contributed by atoms with Crippen molar-refractivity contribution in [3.05, 3.63) is 95.9 Å². The van der Waals surface area contributed by atoms with Gasteiger partial charge in [-0.2, -0.15) is 4.98 Å². The predicted molar refractivity (Wildman–Crippen MR) is 149 cm³/mol. The fraction of sp³-hybridized carbons (Fsp3) is 0.0690. The van der Waals surface area contributed by atoms with Crippen LogP contribution in [-0.2, 0) is 17.8 Å². The zero-order valence-corrected chi connectivity index (χ0v) is 21.8. The van der Waals surface area contributed by atoms with Crippen molar-refractivity contribution in [2.45, 2.75) is 6.54 Å². The van der Waals surface area contributed by atoms with E-state index in [1.54, 1.807) is 30.5 Å². The summed E-state index contributed by atoms with van der Waals surface area (Å²) in [7, 11) is 1.52. The second-order valence-electron chi connectivity index (χ2n) is 8.89. The van der Waals surface area contributed by atoms with Crippen molar-refractivity contribution in [1.29, 1.82) is 0 Å². The summed E-state index contributed by atoms with van der Waals surface area (Å²) in [6, 6.07) is 20.2. The van der Waals surface area contributed by atoms with Crippen molar-refractivity contribution in [3.63, 3.8) is 0 Å². The Morgan fingerprint density at radius 2 is 1.77 bits per heavy atom. The van der Waals surface area contributed by atoms with E-state index in [0.29, 0.717) is 50.3 Å². The minimum Gasteiger partial charge on any atom is -0.455 e. The molecule has 0 spiro atoms. The maximum Gasteiger partial charge on any atom is 0.255 e. The number of halogens is 1. The van der Waals surface area contributed by atoms with Crippen molar-refractivity contribution in [2.75, 3.05) is 7.05 Å². The average molecular weight is 557 g/mol. The van der Waals surface area contributed by atoms with Gasteiger partial charge in [0.1, 0.15) is 17.2 Å². The Kier molecular flexibility index (Phi) is 6.68. The molecule has 6 aromatic rings. The van der Waals surface area contributed by atoms with E-state index in [4.69, 9.17) is 8.83 Å². The third-order valence-corrected chi connectivity index (χ3v) is 6.84. The normalized spacial score (nSPS) is 12.2. The fourth-order valence-corrected chi connectivity index (χ4v) is 4.89. The summed E-state index contributed by atoms with van der Waals surface area (Å²) < 4.78 is 49.0. The highest BCUT2D eigenvalue weighted by Gasteiger charge is 2.24. The van der Waals surface area contributed by atoms with Gasteiger partial charge >= 0.3 is 0 Å². The summed E-state index contributed by atoms with van der Waals surface area (Å²) in [6.45, 7) is 0.0350. The van der Waals surface area contributed by atoms with Crippen LogP contribution in [0.1, 0.15) is 15.9 Å². The quantitative estimate of drug-likeness (QED) is 0.215. The number of carbonyl (C=O) groups is 1. The van der Waals surface area contributed by atoms with Gasteiger partial charge < -0.3 is 14.2 Å². The predicted octanol–water partition coefficient (Wildman–Crippen LogP) is 5.70. The lowest BCUT2D eigenvalue weighted by Crippen LogP contribution is -2.18. The summed E-state index contributed by atoms with van der Waals surface area (Å²) in [5.41, 5.74) is 5.05. The zero-order chi connectivity index (χ0) is 27.8. The van der Waals surface area contributed by atoms with Crippen LogP contribution in [0.2, 0.25) is 0 Å². The number of hydrogen-bond acceptors (Lipinski definition) is 6. The van der Waals surface area contributed by atoms with Gasteiger partial charge in [0.05, 0.1) is 5.56 Å². The first kappa shape index (κ1) is 25.6. The molecule has 0 fully saturated rings. The van der Waals surface area contributed by atoms with Crippen LogP contribution in [0.15, 0.2) is 87.8 Å². The Labute approximate surface area is 229 Å². The number of furan rings is 1. The number of fused-ring (bicyclic) bond motifs is 2. The second-order valence-corrected chi connectivity index (χ2v) is 9.68. The molecular formula is C29H21FN4O5S. The minimum atomic E-state index is -2.26. The summed E-state index contributed by atoms with van der Waals surface area (Å²) in [4.78, 5) is 21.8. The SMILES string of the molecule is CNC(=O)c1c(-c2ccc(F)cc2)oc2cc(CNS(=O)O)c(-c3cccc(-c4nc5ncccc5o4)c3)cc12. The maximum absolute atomic E-state index is 13.6. The Morgan fingerprint density at radius 1 is 0.975 bits per heavy atom. The molecule has 200 valence electrons. The number of amides is 1. The molecule has 3 aromatic carbocycles. The molecule has 3 aromatic heterocycles. The molecule has 3 N–H and O–H groups in total. The Bertz CT molecular complexity index is 1880. The van der Waals surface area contributed by atoms with E-state index in [9.17, 15) is 17.9 Å². The van der Waals surface area contributed by atoms with E-state index >= 15 is 0 Å². The van der Waals surface area contributed by atoms with Gasteiger partial charge in [-0.25, -0.2) is 18.3 Å². The van der Waals surface area contributed by atoms with Crippen molar-refractivity contribution < 1.29 is 26.8 Å². The molecule has 3 heterocycles. The van der Waals surface area contributed by atoms with Crippen LogP contribution in [0.25, 0.3) is 56.1 Å². The molecule has 1 atom stereocenters. The lowest BCUT2D eigenvalue weighted by atomic mass is 9.94. The van der Waals surface area contributed by atoms with Gasteiger partial charge in [0, 0.05) is 36.3 Å². The van der Waals surface area contributed by atoms with E-state index in [1.165, 1.54) is 31.3 Å². The zero-order valence-electron chi connectivity index (χ0n) is 21.0. The molecule has 0 saturated carbocycles. The second kappa shape index (κ2) is 10.5. The fourth-order valence-electron chi connectivity index (χ4n) is 4.61. The lowest BCUT2D eigenvalue weighted by molar-refractivity contribution is 0.0964. The number of aromatic nitrogens is 2. The van der Waals surface area contributed by atoms with Crippen molar-refractivity contribution in [2.24, 2.45) is 0 Å². The Balaban J connectivity index is 1.55. The number of carbonyl (C=O) groups excluding carboxylic acids is 1. The number of oxazole rings is 1. The van der Waals surface area contributed by atoms with E-state index in [-0.39, 0.29) is 23.8 Å². The largest absolute Gasteiger partial charge is 0.455 e. The Hall–Kier alpha value is -4.71. The van der Waals surface area contributed by atoms with Gasteiger partial charge in [-0.3, -0.25) is 9.35 Å². The average Bonchev–Trinajstić information content (AvgIpc) is 3.57. The molecule has 0 aliphatic carbocycles. The molecule has 0 bridgehead atoms. The molecule has 40 heavy (non-hydrogen) atoms. The van der Waals surface area contributed by atoms with E-state index in [1.807, 2.05) is 24.3 Å². The van der Waals surface area contributed by atoms with E-state index in [2.05, 4.69) is 20.0 Å². The van der Waals surface area contributed by atoms with Crippen molar-refractivity contribution in [1.82, 2.24) is 20.0 Å². The summed E-state index contributed by atoms with van der Waals surface area (Å²) in [5, 5.41) is 3.18. The number of rotatable bonds is 7. The molecule has 0 radical (unpaired) electrons. The smallest absolute Gasteiger partial charge is 0.255 e. The highest BCUT2D eigenvalue weighted by atomic mass is 32.2. The molecule has 0 aliphatic heterocycles. The van der Waals surface area contributed by atoms with Crippen LogP contribution in [0.5, 0.6) is 0 Å². The van der Waals surface area contributed by atoms with Gasteiger partial charge in [0.2, 0.25) is 17.2 Å². The molecule has 6 rings (SSSR count). The van der Waals surface area contributed by atoms with Crippen LogP contribution in [0, 0.1) is 5.82 Å². The van der Waals surface area contributed by atoms with Crippen LogP contribution >= 0.6 is 0 Å². The Morgan fingerprint density at radius 3 is 2.52 bits per heavy atom. The van der Waals surface area contributed by atoms with Crippen LogP contribution in [0.4, 0.5) is 4.39 Å². The lowest BCUT2D eigenvalue weighted by Gasteiger charge is -2.11. The molecular weight excluding hydrogens is 535 g/mol. The van der Waals surface area contributed by atoms with Crippen LogP contribution in [0.3, 0.4) is 0 Å². The van der Waals surface area contributed by atoms with Crippen molar-refractivity contribution >= 4 is 39.4 Å². The highest BCUT2D eigenvalue weighted by Crippen LogP contribution is 2.39. The third kappa shape index (κ3) is 4.77. The first-order valence-electron chi connectivity index (χ1n) is 12.2. The van der Waals surface area contributed by atoms with Crippen LogP contribution in [-0.4, -0.2) is 31.7 Å². The number of nitrogens with one attached hydrogen (secondary N) is 2. The first-order chi connectivity index (χ1) is 19.4. The molecule has 0 aliphatic rings. The first-order valence-corrected chi connectivity index (χ1v) is 13.3. The van der Waals surface area contributed by atoms with E-state index in [0.717, 1.165) is 5.56 Å². The van der Waals surface area contributed by atoms with Gasteiger partial charge in [0.25, 0.3) is 5.91 Å². The van der Waals surface area contributed by atoms with Gasteiger partial charge in [-0.05, 0) is 77.4 Å². The topological polar surface area (TPSA) is 130 Å². The standard InChI is InChI=1S/C29H21FN4O5S/c1-31-28(35)25-22-14-21(17-4-2-5-18(12-17)29-34-27-23(39-29)6-3-11-32-27)19(15-33-40(36)37)13-24(22)38-26(25)16-7-9-20(30)10-8-16/h2-14,33H,15H2,1H3,(H,31,35)(H,36,37). The molecule has 9 nitrogen and oxygen atoms in total. The maximum atomic E-state index is 13.6. The summed E-state index contributed by atoms with van der Waals surface area (Å²) >= 11 is -2.26. The molecule has 11 heteroatoms. The van der Waals surface area contributed by atoms with Gasteiger partial charge in [-0.15, -0.1) is 0 Å². The molecule has 1 unspecified atom stereocenters. The molecule has 1 amide bonds. The number of nitrogens with zero attached hydrogens (tertiary/aromatic N) is 2. The van der Waals surface area contributed by atoms with Crippen molar-refractivity contribution in [3.8, 4) is 33.9 Å². The minimum absolute atomic E-state index is 0.0350. The van der Waals surface area contributed by atoms with Crippen LogP contribution < -0.4 is 10.0 Å². The highest BCUT2D eigenvalue weighted by molar-refractivity contribution is 7.77. The van der Waals surface area contributed by atoms with Gasteiger partial charge in [-0.1, -0.05) is 12.1 Å². The summed E-state index contributed by atoms with van der Waals surface area (Å²) in [5.74, 6) is -0.118. The third-order valence-electron chi connectivity index (χ3n) is 6.45. The number of benzene rings is 3. The van der Waals surface area contributed by atoms with E-state index < -0.39 is 17.1 Å². The number of hydrogen-bond donors (Lipinski definition) is 3. The van der Waals surface area contributed by atoms with Gasteiger partial charge in [0.15, 0.2) is 11.2 Å². The monoisotopic (exact) mass is 556 g/mol. The summed E-state index contributed by atoms with van der Waals surface area (Å²) in [6.07, 6.45) is 1.64. The number of pyridine rings is 1.